The number of benzene rings is 1. The number of ketones is 1. The quantitative estimate of drug-likeness (QED) is 0.737. The van der Waals surface area contributed by atoms with Crippen molar-refractivity contribution in [3.63, 3.8) is 0 Å². The van der Waals surface area contributed by atoms with Gasteiger partial charge in [-0.2, -0.15) is 0 Å². The summed E-state index contributed by atoms with van der Waals surface area (Å²) in [5.41, 5.74) is 2.21. The molecule has 1 heterocycles. The van der Waals surface area contributed by atoms with Gasteiger partial charge in [-0.05, 0) is 18.1 Å². The maximum absolute atomic E-state index is 12.3. The number of rotatable bonds is 3. The van der Waals surface area contributed by atoms with Crippen molar-refractivity contribution in [3.05, 3.63) is 55.7 Å². The highest BCUT2D eigenvalue weighted by Crippen LogP contribution is 2.33. The van der Waals surface area contributed by atoms with Crippen molar-refractivity contribution in [2.24, 2.45) is 0 Å². The summed E-state index contributed by atoms with van der Waals surface area (Å²) in [5, 5.41) is 0. The van der Waals surface area contributed by atoms with Crippen LogP contribution < -0.4 is 0 Å². The van der Waals surface area contributed by atoms with Gasteiger partial charge in [0, 0.05) is 5.56 Å². The van der Waals surface area contributed by atoms with Crippen LogP contribution in [0.15, 0.2) is 30.3 Å². The highest BCUT2D eigenvalue weighted by atomic mass is 35.5. The minimum atomic E-state index is -0.0596. The van der Waals surface area contributed by atoms with Gasteiger partial charge in [0.05, 0.1) is 9.90 Å². The third-order valence-electron chi connectivity index (χ3n) is 2.54. The van der Waals surface area contributed by atoms with Gasteiger partial charge in [0.25, 0.3) is 0 Å². The maximum atomic E-state index is 12.3. The van der Waals surface area contributed by atoms with Gasteiger partial charge in [-0.3, -0.25) is 4.79 Å². The fourth-order valence-electron chi connectivity index (χ4n) is 1.69. The van der Waals surface area contributed by atoms with Crippen molar-refractivity contribution in [1.29, 1.82) is 0 Å². The van der Waals surface area contributed by atoms with Crippen LogP contribution in [0.25, 0.3) is 0 Å². The van der Waals surface area contributed by atoms with Crippen LogP contribution in [-0.2, 0) is 6.42 Å². The van der Waals surface area contributed by atoms with Crippen LogP contribution in [0.1, 0.15) is 28.4 Å². The molecule has 0 unspecified atom stereocenters. The summed E-state index contributed by atoms with van der Waals surface area (Å²) in [6.07, 6.45) is 0.817. The zero-order valence-electron chi connectivity index (χ0n) is 9.17. The van der Waals surface area contributed by atoms with Gasteiger partial charge in [-0.1, -0.05) is 54.4 Å². The Morgan fingerprint density at radius 2 is 1.94 bits per heavy atom. The fourth-order valence-corrected chi connectivity index (χ4v) is 3.15. The number of carbonyl (C=O) groups excluding carboxylic acids is 1. The van der Waals surface area contributed by atoms with Crippen LogP contribution in [0.4, 0.5) is 0 Å². The van der Waals surface area contributed by atoms with E-state index in [2.05, 4.69) is 0 Å². The number of carbonyl (C=O) groups is 1. The summed E-state index contributed by atoms with van der Waals surface area (Å²) < 4.78 is 0.984. The predicted molar refractivity (Wildman–Crippen MR) is 73.6 cm³/mol. The van der Waals surface area contributed by atoms with E-state index in [1.165, 1.54) is 11.3 Å². The van der Waals surface area contributed by atoms with E-state index in [9.17, 15) is 4.79 Å². The summed E-state index contributed by atoms with van der Waals surface area (Å²) >= 11 is 13.1. The molecule has 0 saturated carbocycles. The highest BCUT2D eigenvalue weighted by molar-refractivity contribution is 7.20. The standard InChI is InChI=1S/C13H10Cl2OS/c1-2-8-5-3-4-6-9(8)12(16)10-7-11(14)17-13(10)15/h3-7H,2H2,1H3. The Kier molecular flexibility index (Phi) is 3.87. The molecule has 0 aliphatic rings. The van der Waals surface area contributed by atoms with Gasteiger partial charge < -0.3 is 0 Å². The smallest absolute Gasteiger partial charge is 0.195 e. The molecule has 2 rings (SSSR count). The molecule has 1 aromatic heterocycles. The zero-order chi connectivity index (χ0) is 12.4. The first-order chi connectivity index (χ1) is 8.13. The number of thiophene rings is 1. The van der Waals surface area contributed by atoms with Crippen LogP contribution in [0.3, 0.4) is 0 Å². The number of halogens is 2. The minimum absolute atomic E-state index is 0.0596. The van der Waals surface area contributed by atoms with Crippen molar-refractivity contribution < 1.29 is 4.79 Å². The Balaban J connectivity index is 2.47. The molecule has 4 heteroatoms. The second-order valence-corrected chi connectivity index (χ2v) is 5.86. The molecule has 2 aromatic rings. The first-order valence-corrected chi connectivity index (χ1v) is 6.78. The first-order valence-electron chi connectivity index (χ1n) is 5.21. The normalized spacial score (nSPS) is 10.5. The van der Waals surface area contributed by atoms with Crippen molar-refractivity contribution in [3.8, 4) is 0 Å². The molecule has 1 nitrogen and oxygen atoms in total. The molecule has 88 valence electrons. The average molecular weight is 285 g/mol. The van der Waals surface area contributed by atoms with E-state index in [1.807, 2.05) is 31.2 Å². The van der Waals surface area contributed by atoms with Crippen LogP contribution >= 0.6 is 34.5 Å². The summed E-state index contributed by atoms with van der Waals surface area (Å²) in [7, 11) is 0. The second kappa shape index (κ2) is 5.21. The van der Waals surface area contributed by atoms with E-state index in [0.29, 0.717) is 19.8 Å². The molecule has 0 N–H and O–H groups in total. The lowest BCUT2D eigenvalue weighted by Gasteiger charge is -2.05. The molecule has 0 fully saturated rings. The van der Waals surface area contributed by atoms with Gasteiger partial charge in [-0.15, -0.1) is 11.3 Å². The van der Waals surface area contributed by atoms with E-state index in [0.717, 1.165) is 12.0 Å². The van der Waals surface area contributed by atoms with Crippen LogP contribution in [0.2, 0.25) is 8.67 Å². The molecule has 0 aliphatic heterocycles. The van der Waals surface area contributed by atoms with E-state index >= 15 is 0 Å². The third kappa shape index (κ3) is 2.54. The number of hydrogen-bond acceptors (Lipinski definition) is 2. The first kappa shape index (κ1) is 12.6. The maximum Gasteiger partial charge on any atom is 0.195 e. The topological polar surface area (TPSA) is 17.1 Å². The number of hydrogen-bond donors (Lipinski definition) is 0. The molecular weight excluding hydrogens is 275 g/mol. The molecule has 0 radical (unpaired) electrons. The Morgan fingerprint density at radius 1 is 1.24 bits per heavy atom. The lowest BCUT2D eigenvalue weighted by Crippen LogP contribution is -2.04. The molecule has 0 atom stereocenters. The Labute approximate surface area is 114 Å². The largest absolute Gasteiger partial charge is 0.289 e. The van der Waals surface area contributed by atoms with E-state index < -0.39 is 0 Å². The Bertz CT molecular complexity index is 560. The summed E-state index contributed by atoms with van der Waals surface area (Å²) in [4.78, 5) is 12.3. The molecule has 17 heavy (non-hydrogen) atoms. The molecule has 0 spiro atoms. The molecular formula is C13H10Cl2OS. The molecule has 0 aliphatic carbocycles. The monoisotopic (exact) mass is 284 g/mol. The van der Waals surface area contributed by atoms with Crippen LogP contribution in [-0.4, -0.2) is 5.78 Å². The molecule has 1 aromatic carbocycles. The van der Waals surface area contributed by atoms with Crippen molar-refractivity contribution >= 4 is 40.3 Å². The molecule has 0 amide bonds. The van der Waals surface area contributed by atoms with E-state index in [-0.39, 0.29) is 5.78 Å². The lowest BCUT2D eigenvalue weighted by molar-refractivity contribution is 0.103. The van der Waals surface area contributed by atoms with Crippen molar-refractivity contribution in [2.75, 3.05) is 0 Å². The summed E-state index contributed by atoms with van der Waals surface area (Å²) in [6, 6.07) is 9.19. The Hall–Kier alpha value is -0.830. The summed E-state index contributed by atoms with van der Waals surface area (Å²) in [5.74, 6) is -0.0596. The van der Waals surface area contributed by atoms with Gasteiger partial charge >= 0.3 is 0 Å². The highest BCUT2D eigenvalue weighted by Gasteiger charge is 2.17. The average Bonchev–Trinajstić information content (AvgIpc) is 2.67. The van der Waals surface area contributed by atoms with Crippen LogP contribution in [0, 0.1) is 0 Å². The van der Waals surface area contributed by atoms with Gasteiger partial charge in [0.15, 0.2) is 5.78 Å². The molecule has 0 bridgehead atoms. The lowest BCUT2D eigenvalue weighted by atomic mass is 9.99. The number of aryl methyl sites for hydroxylation is 1. The summed E-state index contributed by atoms with van der Waals surface area (Å²) in [6.45, 7) is 2.02. The van der Waals surface area contributed by atoms with Gasteiger partial charge in [-0.25, -0.2) is 0 Å². The zero-order valence-corrected chi connectivity index (χ0v) is 11.5. The minimum Gasteiger partial charge on any atom is -0.289 e. The van der Waals surface area contributed by atoms with Crippen molar-refractivity contribution in [2.45, 2.75) is 13.3 Å². The van der Waals surface area contributed by atoms with E-state index in [4.69, 9.17) is 23.2 Å². The van der Waals surface area contributed by atoms with Crippen LogP contribution in [0.5, 0.6) is 0 Å². The third-order valence-corrected chi connectivity index (χ3v) is 4.03. The Morgan fingerprint density at radius 3 is 2.53 bits per heavy atom. The molecule has 0 saturated heterocycles. The van der Waals surface area contributed by atoms with Gasteiger partial charge in [0.2, 0.25) is 0 Å². The van der Waals surface area contributed by atoms with E-state index in [1.54, 1.807) is 6.07 Å². The predicted octanol–water partition coefficient (Wildman–Crippen LogP) is 4.85. The van der Waals surface area contributed by atoms with Gasteiger partial charge in [0.1, 0.15) is 4.34 Å². The second-order valence-electron chi connectivity index (χ2n) is 3.58. The fraction of sp³-hybridized carbons (Fsp3) is 0.154. The SMILES string of the molecule is CCc1ccccc1C(=O)c1cc(Cl)sc1Cl. The van der Waals surface area contributed by atoms with Crippen molar-refractivity contribution in [1.82, 2.24) is 0 Å².